The molecule has 0 saturated carbocycles. The standard InChI is InChI=1S/C14H21N/c1-9(2)13-7-12-6-5-10(3)11(4)14(12)15-8-13/h7-11H,5-6H2,1-4H3. The number of rotatable bonds is 1. The lowest BCUT2D eigenvalue weighted by atomic mass is 9.79. The van der Waals surface area contributed by atoms with Crippen LogP contribution >= 0.6 is 0 Å². The first-order valence-corrected chi connectivity index (χ1v) is 6.08. The van der Waals surface area contributed by atoms with Gasteiger partial charge in [-0.3, -0.25) is 4.98 Å². The summed E-state index contributed by atoms with van der Waals surface area (Å²) < 4.78 is 0. The van der Waals surface area contributed by atoms with Gasteiger partial charge in [-0.25, -0.2) is 0 Å². The maximum Gasteiger partial charge on any atom is 0.0466 e. The van der Waals surface area contributed by atoms with Gasteiger partial charge in [-0.2, -0.15) is 0 Å². The van der Waals surface area contributed by atoms with Crippen molar-refractivity contribution in [3.63, 3.8) is 0 Å². The van der Waals surface area contributed by atoms with E-state index >= 15 is 0 Å². The topological polar surface area (TPSA) is 12.9 Å². The first-order valence-electron chi connectivity index (χ1n) is 6.08. The minimum Gasteiger partial charge on any atom is -0.260 e. The second-order valence-electron chi connectivity index (χ2n) is 5.27. The van der Waals surface area contributed by atoms with E-state index in [9.17, 15) is 0 Å². The minimum absolute atomic E-state index is 0.595. The van der Waals surface area contributed by atoms with Crippen molar-refractivity contribution in [2.45, 2.75) is 52.4 Å². The van der Waals surface area contributed by atoms with Gasteiger partial charge in [0.25, 0.3) is 0 Å². The number of hydrogen-bond donors (Lipinski definition) is 0. The van der Waals surface area contributed by atoms with Gasteiger partial charge in [0, 0.05) is 17.8 Å². The number of hydrogen-bond acceptors (Lipinski definition) is 1. The highest BCUT2D eigenvalue weighted by atomic mass is 14.7. The fraction of sp³-hybridized carbons (Fsp3) is 0.643. The van der Waals surface area contributed by atoms with Gasteiger partial charge in [0.15, 0.2) is 0 Å². The van der Waals surface area contributed by atoms with Gasteiger partial charge in [-0.1, -0.05) is 33.8 Å². The molecule has 82 valence electrons. The molecule has 0 N–H and O–H groups in total. The molecule has 2 unspecified atom stereocenters. The quantitative estimate of drug-likeness (QED) is 0.674. The fourth-order valence-electron chi connectivity index (χ4n) is 2.37. The second kappa shape index (κ2) is 3.96. The molecular formula is C14H21N. The number of pyridine rings is 1. The Balaban J connectivity index is 2.38. The molecule has 1 aromatic rings. The zero-order valence-electron chi connectivity index (χ0n) is 10.2. The molecule has 0 fully saturated rings. The summed E-state index contributed by atoms with van der Waals surface area (Å²) in [4.78, 5) is 4.67. The zero-order valence-corrected chi connectivity index (χ0v) is 10.2. The summed E-state index contributed by atoms with van der Waals surface area (Å²) in [5.41, 5.74) is 4.22. The van der Waals surface area contributed by atoms with E-state index in [1.165, 1.54) is 29.7 Å². The van der Waals surface area contributed by atoms with Gasteiger partial charge >= 0.3 is 0 Å². The van der Waals surface area contributed by atoms with Crippen LogP contribution in [0, 0.1) is 5.92 Å². The first kappa shape index (κ1) is 10.7. The van der Waals surface area contributed by atoms with Crippen LogP contribution < -0.4 is 0 Å². The molecule has 0 bridgehead atoms. The highest BCUT2D eigenvalue weighted by Crippen LogP contribution is 2.35. The van der Waals surface area contributed by atoms with Gasteiger partial charge in [0.1, 0.15) is 0 Å². The summed E-state index contributed by atoms with van der Waals surface area (Å²) in [5, 5.41) is 0. The molecule has 2 rings (SSSR count). The SMILES string of the molecule is CC(C)c1cnc2c(c1)CCC(C)C2C. The molecule has 1 nitrogen and oxygen atoms in total. The fourth-order valence-corrected chi connectivity index (χ4v) is 2.37. The lowest BCUT2D eigenvalue weighted by Gasteiger charge is -2.28. The number of fused-ring (bicyclic) bond motifs is 1. The van der Waals surface area contributed by atoms with Crippen LogP contribution in [-0.4, -0.2) is 4.98 Å². The van der Waals surface area contributed by atoms with Crippen molar-refractivity contribution in [2.75, 3.05) is 0 Å². The van der Waals surface area contributed by atoms with Gasteiger partial charge in [-0.05, 0) is 35.8 Å². The third kappa shape index (κ3) is 1.92. The molecule has 1 aliphatic carbocycles. The minimum atomic E-state index is 0.595. The normalized spacial score (nSPS) is 25.4. The monoisotopic (exact) mass is 203 g/mol. The molecule has 1 aliphatic rings. The van der Waals surface area contributed by atoms with E-state index in [1.807, 2.05) is 0 Å². The third-order valence-electron chi connectivity index (χ3n) is 3.84. The Bertz CT molecular complexity index is 354. The molecule has 0 aromatic carbocycles. The Morgan fingerprint density at radius 2 is 2.07 bits per heavy atom. The predicted octanol–water partition coefficient (Wildman–Crippen LogP) is 3.89. The molecule has 0 spiro atoms. The molecule has 0 aliphatic heterocycles. The van der Waals surface area contributed by atoms with E-state index in [0.717, 1.165) is 5.92 Å². The van der Waals surface area contributed by atoms with Crippen molar-refractivity contribution in [2.24, 2.45) is 5.92 Å². The molecule has 0 saturated heterocycles. The average molecular weight is 203 g/mol. The Labute approximate surface area is 92.9 Å². The third-order valence-corrected chi connectivity index (χ3v) is 3.84. The van der Waals surface area contributed by atoms with E-state index in [1.54, 1.807) is 0 Å². The molecule has 1 aromatic heterocycles. The van der Waals surface area contributed by atoms with E-state index < -0.39 is 0 Å². The molecule has 0 amide bonds. The van der Waals surface area contributed by atoms with Crippen LogP contribution in [0.4, 0.5) is 0 Å². The Morgan fingerprint density at radius 3 is 2.73 bits per heavy atom. The zero-order chi connectivity index (χ0) is 11.0. The summed E-state index contributed by atoms with van der Waals surface area (Å²) in [6.45, 7) is 9.12. The molecule has 2 atom stereocenters. The summed E-state index contributed by atoms with van der Waals surface area (Å²) in [6.07, 6.45) is 4.60. The van der Waals surface area contributed by atoms with Crippen LogP contribution in [0.2, 0.25) is 0 Å². The Morgan fingerprint density at radius 1 is 1.33 bits per heavy atom. The van der Waals surface area contributed by atoms with Crippen molar-refractivity contribution in [3.8, 4) is 0 Å². The molecule has 0 radical (unpaired) electrons. The van der Waals surface area contributed by atoms with Crippen LogP contribution in [0.1, 0.15) is 62.8 Å². The maximum atomic E-state index is 4.67. The number of aryl methyl sites for hydroxylation is 1. The van der Waals surface area contributed by atoms with Crippen LogP contribution in [0.15, 0.2) is 12.3 Å². The van der Waals surface area contributed by atoms with Crippen molar-refractivity contribution in [1.29, 1.82) is 0 Å². The lowest BCUT2D eigenvalue weighted by Crippen LogP contribution is -2.18. The maximum absolute atomic E-state index is 4.67. The van der Waals surface area contributed by atoms with Crippen LogP contribution in [0.3, 0.4) is 0 Å². The van der Waals surface area contributed by atoms with Gasteiger partial charge in [0.2, 0.25) is 0 Å². The van der Waals surface area contributed by atoms with E-state index in [0.29, 0.717) is 11.8 Å². The summed E-state index contributed by atoms with van der Waals surface area (Å²) in [5.74, 6) is 2.02. The van der Waals surface area contributed by atoms with E-state index in [-0.39, 0.29) is 0 Å². The molecule has 15 heavy (non-hydrogen) atoms. The van der Waals surface area contributed by atoms with Gasteiger partial charge in [-0.15, -0.1) is 0 Å². The van der Waals surface area contributed by atoms with Crippen LogP contribution in [0.25, 0.3) is 0 Å². The second-order valence-corrected chi connectivity index (χ2v) is 5.27. The predicted molar refractivity (Wildman–Crippen MR) is 64.2 cm³/mol. The highest BCUT2D eigenvalue weighted by molar-refractivity contribution is 5.31. The number of nitrogens with zero attached hydrogens (tertiary/aromatic N) is 1. The Hall–Kier alpha value is -0.850. The molecule has 1 heterocycles. The van der Waals surface area contributed by atoms with Crippen LogP contribution in [0.5, 0.6) is 0 Å². The summed E-state index contributed by atoms with van der Waals surface area (Å²) >= 11 is 0. The molecular weight excluding hydrogens is 182 g/mol. The van der Waals surface area contributed by atoms with Crippen molar-refractivity contribution in [3.05, 3.63) is 29.1 Å². The number of aromatic nitrogens is 1. The first-order chi connectivity index (χ1) is 7.09. The summed E-state index contributed by atoms with van der Waals surface area (Å²) in [6, 6.07) is 2.37. The molecule has 1 heteroatoms. The van der Waals surface area contributed by atoms with E-state index in [2.05, 4.69) is 44.9 Å². The van der Waals surface area contributed by atoms with E-state index in [4.69, 9.17) is 0 Å². The van der Waals surface area contributed by atoms with Crippen molar-refractivity contribution < 1.29 is 0 Å². The van der Waals surface area contributed by atoms with Crippen molar-refractivity contribution >= 4 is 0 Å². The van der Waals surface area contributed by atoms with Crippen molar-refractivity contribution in [1.82, 2.24) is 4.98 Å². The lowest BCUT2D eigenvalue weighted by molar-refractivity contribution is 0.416. The van der Waals surface area contributed by atoms with Gasteiger partial charge in [0.05, 0.1) is 0 Å². The van der Waals surface area contributed by atoms with Gasteiger partial charge < -0.3 is 0 Å². The Kier molecular flexibility index (Phi) is 2.81. The largest absolute Gasteiger partial charge is 0.260 e. The average Bonchev–Trinajstić information content (AvgIpc) is 2.23. The summed E-state index contributed by atoms with van der Waals surface area (Å²) in [7, 11) is 0. The highest BCUT2D eigenvalue weighted by Gasteiger charge is 2.24. The van der Waals surface area contributed by atoms with Crippen LogP contribution in [-0.2, 0) is 6.42 Å². The smallest absolute Gasteiger partial charge is 0.0466 e.